The minimum atomic E-state index is -0.193. The molecule has 0 saturated heterocycles. The van der Waals surface area contributed by atoms with E-state index in [1.807, 2.05) is 0 Å². The van der Waals surface area contributed by atoms with Crippen LogP contribution in [-0.2, 0) is 0 Å². The summed E-state index contributed by atoms with van der Waals surface area (Å²) in [6.07, 6.45) is 4.25. The van der Waals surface area contributed by atoms with E-state index in [1.54, 1.807) is 13.1 Å². The predicted molar refractivity (Wildman–Crippen MR) is 41.3 cm³/mol. The van der Waals surface area contributed by atoms with Crippen LogP contribution in [0, 0.1) is 6.92 Å². The molecular weight excluding hydrogens is 140 g/mol. The minimum absolute atomic E-state index is 0.193. The molecule has 3 heteroatoms. The van der Waals surface area contributed by atoms with Crippen molar-refractivity contribution >= 4 is 5.78 Å². The number of ketones is 1. The topological polar surface area (TPSA) is 42.9 Å². The Morgan fingerprint density at radius 1 is 1.64 bits per heavy atom. The fourth-order valence-electron chi connectivity index (χ4n) is 0.687. The van der Waals surface area contributed by atoms with Gasteiger partial charge >= 0.3 is 0 Å². The van der Waals surface area contributed by atoms with Crippen LogP contribution in [0.2, 0.25) is 0 Å². The molecule has 0 unspecified atom stereocenters. The van der Waals surface area contributed by atoms with Gasteiger partial charge in [-0.2, -0.15) is 0 Å². The molecule has 0 saturated carbocycles. The molecule has 0 amide bonds. The van der Waals surface area contributed by atoms with Crippen molar-refractivity contribution < 1.29 is 4.79 Å². The average Bonchev–Trinajstić information content (AvgIpc) is 2.03. The molecular formula is C8H8N2O. The van der Waals surface area contributed by atoms with Gasteiger partial charge in [-0.25, -0.2) is 4.98 Å². The van der Waals surface area contributed by atoms with E-state index >= 15 is 0 Å². The predicted octanol–water partition coefficient (Wildman–Crippen LogP) is 1.15. The number of allylic oxidation sites excluding steroid dienone is 1. The Labute approximate surface area is 64.8 Å². The smallest absolute Gasteiger partial charge is 0.205 e. The zero-order valence-corrected chi connectivity index (χ0v) is 6.24. The maximum atomic E-state index is 10.9. The summed E-state index contributed by atoms with van der Waals surface area (Å²) >= 11 is 0. The summed E-state index contributed by atoms with van der Waals surface area (Å²) in [6.45, 7) is 5.13. The number of aromatic nitrogens is 2. The second-order valence-electron chi connectivity index (χ2n) is 2.11. The Kier molecular flexibility index (Phi) is 2.11. The van der Waals surface area contributed by atoms with Gasteiger partial charge in [0, 0.05) is 6.20 Å². The fraction of sp³-hybridized carbons (Fsp3) is 0.125. The maximum Gasteiger partial charge on any atom is 0.205 e. The number of hydrogen-bond acceptors (Lipinski definition) is 3. The molecule has 0 aliphatic heterocycles. The summed E-state index contributed by atoms with van der Waals surface area (Å²) in [7, 11) is 0. The first kappa shape index (κ1) is 7.60. The van der Waals surface area contributed by atoms with Crippen LogP contribution in [0.1, 0.15) is 16.2 Å². The lowest BCUT2D eigenvalue weighted by Gasteiger charge is -1.93. The molecule has 0 N–H and O–H groups in total. The summed E-state index contributed by atoms with van der Waals surface area (Å²) in [5.41, 5.74) is 1.08. The average molecular weight is 148 g/mol. The van der Waals surface area contributed by atoms with Crippen LogP contribution in [0.25, 0.3) is 0 Å². The number of carbonyl (C=O) groups excluding carboxylic acids is 1. The van der Waals surface area contributed by atoms with Crippen molar-refractivity contribution in [2.75, 3.05) is 0 Å². The highest BCUT2D eigenvalue weighted by Crippen LogP contribution is 1.95. The van der Waals surface area contributed by atoms with Crippen LogP contribution in [0.5, 0.6) is 0 Å². The van der Waals surface area contributed by atoms with E-state index in [0.29, 0.717) is 5.69 Å². The Hall–Kier alpha value is -1.51. The van der Waals surface area contributed by atoms with Gasteiger partial charge < -0.3 is 0 Å². The van der Waals surface area contributed by atoms with Crippen molar-refractivity contribution in [1.82, 2.24) is 9.97 Å². The van der Waals surface area contributed by atoms with Crippen molar-refractivity contribution in [3.8, 4) is 0 Å². The van der Waals surface area contributed by atoms with Crippen LogP contribution in [-0.4, -0.2) is 15.8 Å². The number of carbonyl (C=O) groups is 1. The quantitative estimate of drug-likeness (QED) is 0.466. The molecule has 1 aromatic heterocycles. The molecule has 3 nitrogen and oxygen atoms in total. The molecule has 0 aliphatic carbocycles. The van der Waals surface area contributed by atoms with E-state index < -0.39 is 0 Å². The summed E-state index contributed by atoms with van der Waals surface area (Å²) in [5, 5.41) is 0. The number of nitrogens with zero attached hydrogens (tertiary/aromatic N) is 2. The maximum absolute atomic E-state index is 10.9. The highest BCUT2D eigenvalue weighted by molar-refractivity contribution is 6.02. The van der Waals surface area contributed by atoms with Crippen LogP contribution >= 0.6 is 0 Å². The molecule has 11 heavy (non-hydrogen) atoms. The Bertz CT molecular complexity index is 294. The standard InChI is InChI=1S/C8H8N2O/c1-3-8(11)7-5-9-4-6(2)10-7/h3-5H,1H2,2H3. The van der Waals surface area contributed by atoms with Crippen molar-refractivity contribution in [2.24, 2.45) is 0 Å². The monoisotopic (exact) mass is 148 g/mol. The van der Waals surface area contributed by atoms with Gasteiger partial charge in [-0.3, -0.25) is 9.78 Å². The van der Waals surface area contributed by atoms with Crippen molar-refractivity contribution in [3.05, 3.63) is 36.4 Å². The lowest BCUT2D eigenvalue weighted by Crippen LogP contribution is -1.99. The molecule has 1 rings (SSSR count). The third kappa shape index (κ3) is 1.70. The third-order valence-electron chi connectivity index (χ3n) is 1.19. The lowest BCUT2D eigenvalue weighted by atomic mass is 10.3. The van der Waals surface area contributed by atoms with Gasteiger partial charge in [-0.1, -0.05) is 6.58 Å². The van der Waals surface area contributed by atoms with Crippen LogP contribution in [0.4, 0.5) is 0 Å². The first-order valence-corrected chi connectivity index (χ1v) is 3.19. The van der Waals surface area contributed by atoms with Gasteiger partial charge in [0.15, 0.2) is 0 Å². The number of rotatable bonds is 2. The highest BCUT2D eigenvalue weighted by Gasteiger charge is 2.01. The van der Waals surface area contributed by atoms with E-state index in [4.69, 9.17) is 0 Å². The van der Waals surface area contributed by atoms with Gasteiger partial charge in [-0.05, 0) is 13.0 Å². The first-order valence-electron chi connectivity index (χ1n) is 3.19. The van der Waals surface area contributed by atoms with E-state index in [1.165, 1.54) is 12.3 Å². The third-order valence-corrected chi connectivity index (χ3v) is 1.19. The molecule has 0 radical (unpaired) electrons. The molecule has 1 aromatic rings. The zero-order valence-electron chi connectivity index (χ0n) is 6.24. The van der Waals surface area contributed by atoms with Crippen molar-refractivity contribution in [3.63, 3.8) is 0 Å². The van der Waals surface area contributed by atoms with Crippen LogP contribution in [0.15, 0.2) is 25.0 Å². The molecule has 56 valence electrons. The molecule has 1 heterocycles. The second kappa shape index (κ2) is 3.05. The van der Waals surface area contributed by atoms with E-state index in [0.717, 1.165) is 5.69 Å². The summed E-state index contributed by atoms with van der Waals surface area (Å²) < 4.78 is 0. The second-order valence-corrected chi connectivity index (χ2v) is 2.11. The van der Waals surface area contributed by atoms with Gasteiger partial charge in [-0.15, -0.1) is 0 Å². The molecule has 0 bridgehead atoms. The molecule has 0 fully saturated rings. The Balaban J connectivity index is 3.05. The van der Waals surface area contributed by atoms with E-state index in [-0.39, 0.29) is 5.78 Å². The summed E-state index contributed by atoms with van der Waals surface area (Å²) in [6, 6.07) is 0. The fourth-order valence-corrected chi connectivity index (χ4v) is 0.687. The minimum Gasteiger partial charge on any atom is -0.287 e. The van der Waals surface area contributed by atoms with Crippen molar-refractivity contribution in [1.29, 1.82) is 0 Å². The van der Waals surface area contributed by atoms with Gasteiger partial charge in [0.1, 0.15) is 5.69 Å². The Morgan fingerprint density at radius 2 is 2.36 bits per heavy atom. The first-order chi connectivity index (χ1) is 5.24. The SMILES string of the molecule is C=CC(=O)c1cncc(C)n1. The van der Waals surface area contributed by atoms with Crippen LogP contribution in [0.3, 0.4) is 0 Å². The highest BCUT2D eigenvalue weighted by atomic mass is 16.1. The van der Waals surface area contributed by atoms with Gasteiger partial charge in [0.25, 0.3) is 0 Å². The van der Waals surface area contributed by atoms with Crippen LogP contribution < -0.4 is 0 Å². The van der Waals surface area contributed by atoms with E-state index in [9.17, 15) is 4.79 Å². The summed E-state index contributed by atoms with van der Waals surface area (Å²) in [5.74, 6) is -0.193. The van der Waals surface area contributed by atoms with Crippen molar-refractivity contribution in [2.45, 2.75) is 6.92 Å². The van der Waals surface area contributed by atoms with Gasteiger partial charge in [0.2, 0.25) is 5.78 Å². The number of hydrogen-bond donors (Lipinski definition) is 0. The molecule has 0 atom stereocenters. The lowest BCUT2D eigenvalue weighted by molar-refractivity contribution is 0.104. The zero-order chi connectivity index (χ0) is 8.27. The largest absolute Gasteiger partial charge is 0.287 e. The van der Waals surface area contributed by atoms with E-state index in [2.05, 4.69) is 16.5 Å². The van der Waals surface area contributed by atoms with Gasteiger partial charge in [0.05, 0.1) is 11.9 Å². The summed E-state index contributed by atoms with van der Waals surface area (Å²) in [4.78, 5) is 18.7. The molecule has 0 aromatic carbocycles. The Morgan fingerprint density at radius 3 is 2.91 bits per heavy atom. The number of aryl methyl sites for hydroxylation is 1. The molecule has 0 spiro atoms. The normalized spacial score (nSPS) is 9.18. The molecule has 0 aliphatic rings.